The topological polar surface area (TPSA) is 80.8 Å². The quantitative estimate of drug-likeness (QED) is 0.540. The minimum Gasteiger partial charge on any atom is -0.486 e. The first-order chi connectivity index (χ1) is 17.5. The van der Waals surface area contributed by atoms with Gasteiger partial charge in [0.15, 0.2) is 11.5 Å². The van der Waals surface area contributed by atoms with Crippen molar-refractivity contribution in [2.24, 2.45) is 0 Å². The first-order valence-corrected chi connectivity index (χ1v) is 13.0. The smallest absolute Gasteiger partial charge is 0.245 e. The summed E-state index contributed by atoms with van der Waals surface area (Å²) in [5, 5.41) is 5.82. The molecule has 1 aromatic heterocycles. The van der Waals surface area contributed by atoms with Gasteiger partial charge in [-0.3, -0.25) is 9.59 Å². The zero-order chi connectivity index (χ0) is 25.1. The van der Waals surface area contributed by atoms with Gasteiger partial charge in [-0.15, -0.1) is 11.3 Å². The summed E-state index contributed by atoms with van der Waals surface area (Å²) < 4.78 is 25.5. The number of rotatable bonds is 6. The fourth-order valence-corrected chi connectivity index (χ4v) is 5.71. The van der Waals surface area contributed by atoms with E-state index < -0.39 is 6.04 Å². The highest BCUT2D eigenvalue weighted by atomic mass is 32.1. The van der Waals surface area contributed by atoms with Crippen molar-refractivity contribution >= 4 is 23.2 Å². The maximum Gasteiger partial charge on any atom is 0.245 e. The lowest BCUT2D eigenvalue weighted by Gasteiger charge is -2.33. The number of amides is 2. The fraction of sp³-hybridized carbons (Fsp3) is 0.370. The van der Waals surface area contributed by atoms with Gasteiger partial charge >= 0.3 is 0 Å². The Morgan fingerprint density at radius 1 is 1.14 bits per heavy atom. The van der Waals surface area contributed by atoms with Crippen molar-refractivity contribution in [3.63, 3.8) is 0 Å². The highest BCUT2D eigenvalue weighted by molar-refractivity contribution is 7.10. The van der Waals surface area contributed by atoms with Crippen LogP contribution in [0.2, 0.25) is 0 Å². The number of halogens is 1. The molecule has 3 aromatic rings. The van der Waals surface area contributed by atoms with Crippen molar-refractivity contribution < 1.29 is 23.5 Å². The van der Waals surface area contributed by atoms with Gasteiger partial charge in [-0.05, 0) is 42.7 Å². The molecule has 36 heavy (non-hydrogen) atoms. The molecule has 1 saturated heterocycles. The van der Waals surface area contributed by atoms with E-state index in [-0.39, 0.29) is 30.0 Å². The SMILES string of the molecule is CC(=O)NC(Cc1ccccc1F)C(=O)N1CCC(c2nc(-c3ccc4c(c3)OCCO4)cs2)CC1. The van der Waals surface area contributed by atoms with Crippen LogP contribution in [0.1, 0.15) is 36.3 Å². The molecule has 1 N–H and O–H groups in total. The Kier molecular flexibility index (Phi) is 7.18. The van der Waals surface area contributed by atoms with Gasteiger partial charge in [-0.25, -0.2) is 9.37 Å². The molecule has 1 unspecified atom stereocenters. The highest BCUT2D eigenvalue weighted by Crippen LogP contribution is 2.37. The van der Waals surface area contributed by atoms with Crippen LogP contribution in [-0.2, 0) is 16.0 Å². The first kappa shape index (κ1) is 24.2. The van der Waals surface area contributed by atoms with Crippen LogP contribution < -0.4 is 14.8 Å². The maximum atomic E-state index is 14.2. The fourth-order valence-electron chi connectivity index (χ4n) is 4.71. The second-order valence-electron chi connectivity index (χ2n) is 9.08. The van der Waals surface area contributed by atoms with Crippen LogP contribution in [-0.4, -0.2) is 54.0 Å². The monoisotopic (exact) mass is 509 g/mol. The number of benzene rings is 2. The van der Waals surface area contributed by atoms with Crippen molar-refractivity contribution in [2.75, 3.05) is 26.3 Å². The van der Waals surface area contributed by atoms with Gasteiger partial charge in [-0.1, -0.05) is 18.2 Å². The summed E-state index contributed by atoms with van der Waals surface area (Å²) in [7, 11) is 0. The third kappa shape index (κ3) is 5.36. The standard InChI is InChI=1S/C27H28FN3O4S/c1-17(32)29-22(14-19-4-2-3-5-21(19)28)27(33)31-10-8-18(9-11-31)26-30-23(16-36-26)20-6-7-24-25(15-20)35-13-12-34-24/h2-7,15-16,18,22H,8-14H2,1H3,(H,29,32). The second-order valence-corrected chi connectivity index (χ2v) is 9.97. The van der Waals surface area contributed by atoms with Crippen LogP contribution in [0.25, 0.3) is 11.3 Å². The van der Waals surface area contributed by atoms with Gasteiger partial charge < -0.3 is 19.7 Å². The van der Waals surface area contributed by atoms with Crippen LogP contribution in [0.15, 0.2) is 47.8 Å². The van der Waals surface area contributed by atoms with Gasteiger partial charge in [-0.2, -0.15) is 0 Å². The Balaban J connectivity index is 1.22. The molecule has 7 nitrogen and oxygen atoms in total. The number of piperidine rings is 1. The lowest BCUT2D eigenvalue weighted by molar-refractivity contribution is -0.137. The Morgan fingerprint density at radius 3 is 2.64 bits per heavy atom. The number of hydrogen-bond acceptors (Lipinski definition) is 6. The molecular formula is C27H28FN3O4S. The van der Waals surface area contributed by atoms with E-state index in [2.05, 4.69) is 10.7 Å². The van der Waals surface area contributed by atoms with Crippen molar-refractivity contribution in [1.82, 2.24) is 15.2 Å². The molecule has 1 fully saturated rings. The highest BCUT2D eigenvalue weighted by Gasteiger charge is 2.31. The number of fused-ring (bicyclic) bond motifs is 1. The predicted molar refractivity (Wildman–Crippen MR) is 135 cm³/mol. The summed E-state index contributed by atoms with van der Waals surface area (Å²) in [4.78, 5) is 31.7. The van der Waals surface area contributed by atoms with Crippen molar-refractivity contribution in [1.29, 1.82) is 0 Å². The first-order valence-electron chi connectivity index (χ1n) is 12.1. The molecule has 2 aliphatic heterocycles. The Hall–Kier alpha value is -3.46. The Morgan fingerprint density at radius 2 is 1.89 bits per heavy atom. The van der Waals surface area contributed by atoms with E-state index in [4.69, 9.17) is 14.5 Å². The van der Waals surface area contributed by atoms with Crippen LogP contribution >= 0.6 is 11.3 Å². The average molecular weight is 510 g/mol. The van der Waals surface area contributed by atoms with E-state index in [1.54, 1.807) is 34.4 Å². The molecule has 2 aromatic carbocycles. The predicted octanol–water partition coefficient (Wildman–Crippen LogP) is 4.17. The zero-order valence-corrected chi connectivity index (χ0v) is 20.9. The number of aromatic nitrogens is 1. The molecule has 0 saturated carbocycles. The summed E-state index contributed by atoms with van der Waals surface area (Å²) in [6.45, 7) is 3.60. The molecule has 0 bridgehead atoms. The van der Waals surface area contributed by atoms with Crippen LogP contribution in [0.5, 0.6) is 11.5 Å². The third-order valence-electron chi connectivity index (χ3n) is 6.57. The minimum atomic E-state index is -0.794. The molecule has 0 spiro atoms. The summed E-state index contributed by atoms with van der Waals surface area (Å²) in [5.41, 5.74) is 2.30. The molecule has 1 atom stereocenters. The van der Waals surface area contributed by atoms with Gasteiger partial charge in [0.05, 0.1) is 10.7 Å². The molecular weight excluding hydrogens is 481 g/mol. The number of likely N-dealkylation sites (tertiary alicyclic amines) is 1. The number of thiazole rings is 1. The number of carbonyl (C=O) groups is 2. The minimum absolute atomic E-state index is 0.121. The summed E-state index contributed by atoms with van der Waals surface area (Å²) in [6.07, 6.45) is 1.69. The number of nitrogens with one attached hydrogen (secondary N) is 1. The van der Waals surface area contributed by atoms with Crippen LogP contribution in [0.3, 0.4) is 0 Å². The summed E-state index contributed by atoms with van der Waals surface area (Å²) in [6, 6.07) is 11.4. The maximum absolute atomic E-state index is 14.2. The molecule has 2 aliphatic rings. The van der Waals surface area contributed by atoms with Crippen LogP contribution in [0, 0.1) is 5.82 Å². The van der Waals surface area contributed by atoms with Gasteiger partial charge in [0, 0.05) is 43.3 Å². The molecule has 3 heterocycles. The Bertz CT molecular complexity index is 1260. The van der Waals surface area contributed by atoms with E-state index in [0.29, 0.717) is 31.9 Å². The molecule has 0 aliphatic carbocycles. The van der Waals surface area contributed by atoms with Gasteiger partial charge in [0.2, 0.25) is 11.8 Å². The molecule has 5 rings (SSSR count). The number of carbonyl (C=O) groups excluding carboxylic acids is 2. The Labute approximate surface area is 213 Å². The zero-order valence-electron chi connectivity index (χ0n) is 20.0. The molecule has 2 amide bonds. The number of hydrogen-bond donors (Lipinski definition) is 1. The van der Waals surface area contributed by atoms with Crippen molar-refractivity contribution in [3.8, 4) is 22.8 Å². The van der Waals surface area contributed by atoms with E-state index in [1.807, 2.05) is 18.2 Å². The normalized spacial score (nSPS) is 16.4. The molecule has 0 radical (unpaired) electrons. The third-order valence-corrected chi connectivity index (χ3v) is 7.58. The van der Waals surface area contributed by atoms with Gasteiger partial charge in [0.1, 0.15) is 25.1 Å². The largest absolute Gasteiger partial charge is 0.486 e. The molecule has 9 heteroatoms. The van der Waals surface area contributed by atoms with E-state index in [0.717, 1.165) is 40.6 Å². The van der Waals surface area contributed by atoms with Crippen molar-refractivity contribution in [3.05, 3.63) is 64.2 Å². The summed E-state index contributed by atoms with van der Waals surface area (Å²) >= 11 is 1.63. The van der Waals surface area contributed by atoms with E-state index in [1.165, 1.54) is 13.0 Å². The lowest BCUT2D eigenvalue weighted by Crippen LogP contribution is -2.51. The van der Waals surface area contributed by atoms with Gasteiger partial charge in [0.25, 0.3) is 0 Å². The van der Waals surface area contributed by atoms with Crippen molar-refractivity contribution in [2.45, 2.75) is 38.1 Å². The second kappa shape index (κ2) is 10.7. The van der Waals surface area contributed by atoms with E-state index >= 15 is 0 Å². The van der Waals surface area contributed by atoms with Crippen LogP contribution in [0.4, 0.5) is 4.39 Å². The average Bonchev–Trinajstić information content (AvgIpc) is 3.39. The van der Waals surface area contributed by atoms with E-state index in [9.17, 15) is 14.0 Å². The lowest BCUT2D eigenvalue weighted by atomic mass is 9.96. The number of nitrogens with zero attached hydrogens (tertiary/aromatic N) is 2. The number of ether oxygens (including phenoxy) is 2. The summed E-state index contributed by atoms with van der Waals surface area (Å²) in [5.74, 6) is 0.888. The molecule has 188 valence electrons.